The van der Waals surface area contributed by atoms with Gasteiger partial charge < -0.3 is 19.1 Å². The average molecular weight is 476 g/mol. The standard InChI is InChI=1S/C31H41NO3/c1-25-8-12-27(13-9-25)32(28-14-10-26(2)11-15-28)29-16-18-30(19-17-29)35-21-7-5-4-6-20-33-22-31(3)23-34-24-31/h8-10,12-14,16-19H,4-7,11,15,20-24H2,1-3H3. The van der Waals surface area contributed by atoms with Crippen molar-refractivity contribution in [1.29, 1.82) is 0 Å². The molecule has 2 aliphatic rings. The van der Waals surface area contributed by atoms with Crippen molar-refractivity contribution in [2.75, 3.05) is 37.9 Å². The second kappa shape index (κ2) is 12.4. The number of anilines is 2. The van der Waals surface area contributed by atoms with Crippen LogP contribution < -0.4 is 9.64 Å². The van der Waals surface area contributed by atoms with Crippen molar-refractivity contribution in [3.05, 3.63) is 77.5 Å². The van der Waals surface area contributed by atoms with Crippen molar-refractivity contribution in [3.63, 3.8) is 0 Å². The molecule has 4 heteroatoms. The predicted molar refractivity (Wildman–Crippen MR) is 145 cm³/mol. The van der Waals surface area contributed by atoms with Crippen LogP contribution in [0.2, 0.25) is 0 Å². The van der Waals surface area contributed by atoms with Gasteiger partial charge in [-0.05, 0) is 88.4 Å². The van der Waals surface area contributed by atoms with Crippen molar-refractivity contribution in [2.24, 2.45) is 5.41 Å². The molecule has 0 unspecified atom stereocenters. The predicted octanol–water partition coefficient (Wildman–Crippen LogP) is 7.75. The van der Waals surface area contributed by atoms with Crippen LogP contribution in [0, 0.1) is 12.3 Å². The summed E-state index contributed by atoms with van der Waals surface area (Å²) in [6, 6.07) is 17.3. The summed E-state index contributed by atoms with van der Waals surface area (Å²) in [6.45, 7) is 10.7. The third-order valence-corrected chi connectivity index (χ3v) is 6.81. The molecule has 2 aromatic rings. The number of ether oxygens (including phenoxy) is 3. The molecule has 0 saturated carbocycles. The van der Waals surface area contributed by atoms with Crippen molar-refractivity contribution in [1.82, 2.24) is 0 Å². The molecule has 0 radical (unpaired) electrons. The van der Waals surface area contributed by atoms with Crippen LogP contribution in [-0.4, -0.2) is 33.0 Å². The molecule has 0 aromatic heterocycles. The summed E-state index contributed by atoms with van der Waals surface area (Å²) in [5.41, 5.74) is 6.66. The number of benzene rings is 2. The summed E-state index contributed by atoms with van der Waals surface area (Å²) >= 11 is 0. The Bertz CT molecular complexity index is 987. The van der Waals surface area contributed by atoms with E-state index in [1.807, 2.05) is 0 Å². The molecule has 4 rings (SSSR count). The van der Waals surface area contributed by atoms with Crippen LogP contribution in [0.15, 0.2) is 72.0 Å². The molecule has 1 aliphatic carbocycles. The van der Waals surface area contributed by atoms with Gasteiger partial charge in [0.1, 0.15) is 5.75 Å². The summed E-state index contributed by atoms with van der Waals surface area (Å²) < 4.78 is 17.1. The fourth-order valence-corrected chi connectivity index (χ4v) is 4.48. The van der Waals surface area contributed by atoms with Crippen LogP contribution in [0.25, 0.3) is 0 Å². The Labute approximate surface area is 211 Å². The van der Waals surface area contributed by atoms with Gasteiger partial charge in [0, 0.05) is 29.1 Å². The quantitative estimate of drug-likeness (QED) is 0.277. The smallest absolute Gasteiger partial charge is 0.119 e. The van der Waals surface area contributed by atoms with Gasteiger partial charge in [0.05, 0.1) is 26.4 Å². The molecule has 4 nitrogen and oxygen atoms in total. The van der Waals surface area contributed by atoms with Crippen molar-refractivity contribution < 1.29 is 14.2 Å². The summed E-state index contributed by atoms with van der Waals surface area (Å²) in [7, 11) is 0. The highest BCUT2D eigenvalue weighted by Gasteiger charge is 2.33. The maximum absolute atomic E-state index is 6.03. The van der Waals surface area contributed by atoms with Crippen LogP contribution in [0.4, 0.5) is 11.4 Å². The first-order valence-corrected chi connectivity index (χ1v) is 13.1. The molecule has 2 aromatic carbocycles. The highest BCUT2D eigenvalue weighted by molar-refractivity contribution is 5.69. The Morgan fingerprint density at radius 1 is 0.800 bits per heavy atom. The molecule has 35 heavy (non-hydrogen) atoms. The fraction of sp³-hybridized carbons (Fsp3) is 0.484. The van der Waals surface area contributed by atoms with E-state index in [0.29, 0.717) is 0 Å². The lowest BCUT2D eigenvalue weighted by Gasteiger charge is -2.37. The van der Waals surface area contributed by atoms with E-state index < -0.39 is 0 Å². The van der Waals surface area contributed by atoms with Crippen LogP contribution in [0.5, 0.6) is 5.75 Å². The lowest BCUT2D eigenvalue weighted by Crippen LogP contribution is -2.43. The number of hydrogen-bond donors (Lipinski definition) is 0. The summed E-state index contributed by atoms with van der Waals surface area (Å²) in [5.74, 6) is 0.935. The van der Waals surface area contributed by atoms with E-state index in [2.05, 4.69) is 86.4 Å². The summed E-state index contributed by atoms with van der Waals surface area (Å²) in [4.78, 5) is 2.37. The van der Waals surface area contributed by atoms with Gasteiger partial charge in [-0.15, -0.1) is 0 Å². The minimum absolute atomic E-state index is 0.254. The molecule has 0 spiro atoms. The molecule has 188 valence electrons. The molecule has 1 fully saturated rings. The Balaban J connectivity index is 1.23. The number of aryl methyl sites for hydroxylation is 1. The van der Waals surface area contributed by atoms with E-state index >= 15 is 0 Å². The Kier molecular flexibility index (Phi) is 9.06. The first-order valence-electron chi connectivity index (χ1n) is 13.1. The molecule has 1 saturated heterocycles. The minimum Gasteiger partial charge on any atom is -0.494 e. The zero-order valence-electron chi connectivity index (χ0n) is 21.7. The molecule has 0 N–H and O–H groups in total. The van der Waals surface area contributed by atoms with Crippen molar-refractivity contribution in [3.8, 4) is 5.75 Å². The zero-order valence-corrected chi connectivity index (χ0v) is 21.7. The number of hydrogen-bond acceptors (Lipinski definition) is 4. The van der Waals surface area contributed by atoms with Gasteiger partial charge in [0.15, 0.2) is 0 Å². The third-order valence-electron chi connectivity index (χ3n) is 6.81. The normalized spacial score (nSPS) is 16.8. The molecule has 0 bridgehead atoms. The van der Waals surface area contributed by atoms with Gasteiger partial charge in [-0.3, -0.25) is 0 Å². The highest BCUT2D eigenvalue weighted by atomic mass is 16.5. The van der Waals surface area contributed by atoms with Crippen LogP contribution in [0.1, 0.15) is 57.9 Å². The number of allylic oxidation sites excluding steroid dienone is 4. The summed E-state index contributed by atoms with van der Waals surface area (Å²) in [5, 5.41) is 0. The maximum atomic E-state index is 6.03. The number of rotatable bonds is 13. The third kappa shape index (κ3) is 7.46. The second-order valence-electron chi connectivity index (χ2n) is 10.5. The second-order valence-corrected chi connectivity index (χ2v) is 10.5. The number of unbranched alkanes of at least 4 members (excludes halogenated alkanes) is 3. The Hall–Kier alpha value is -2.56. The molecule has 1 heterocycles. The van der Waals surface area contributed by atoms with E-state index in [4.69, 9.17) is 14.2 Å². The Morgan fingerprint density at radius 3 is 2.06 bits per heavy atom. The lowest BCUT2D eigenvalue weighted by atomic mass is 9.90. The maximum Gasteiger partial charge on any atom is 0.119 e. The van der Waals surface area contributed by atoms with Gasteiger partial charge in [-0.2, -0.15) is 0 Å². The van der Waals surface area contributed by atoms with Gasteiger partial charge in [-0.25, -0.2) is 0 Å². The van der Waals surface area contributed by atoms with E-state index in [1.165, 1.54) is 41.1 Å². The molecule has 0 amide bonds. The van der Waals surface area contributed by atoms with Gasteiger partial charge >= 0.3 is 0 Å². The molecular formula is C31H41NO3. The van der Waals surface area contributed by atoms with E-state index in [1.54, 1.807) is 0 Å². The Morgan fingerprint density at radius 2 is 1.46 bits per heavy atom. The van der Waals surface area contributed by atoms with Crippen molar-refractivity contribution >= 4 is 11.4 Å². The fourth-order valence-electron chi connectivity index (χ4n) is 4.48. The van der Waals surface area contributed by atoms with Crippen molar-refractivity contribution in [2.45, 2.75) is 59.3 Å². The molecule has 0 atom stereocenters. The summed E-state index contributed by atoms with van der Waals surface area (Å²) in [6.07, 6.45) is 11.2. The van der Waals surface area contributed by atoms with Crippen LogP contribution in [0.3, 0.4) is 0 Å². The lowest BCUT2D eigenvalue weighted by molar-refractivity contribution is -0.137. The number of nitrogens with zero attached hydrogens (tertiary/aromatic N) is 1. The SMILES string of the molecule is CC1=CC=C(N(c2ccc(C)cc2)c2ccc(OCCCCCCOCC3(C)COC3)cc2)CC1. The van der Waals surface area contributed by atoms with Gasteiger partial charge in [0.2, 0.25) is 0 Å². The molecule has 1 aliphatic heterocycles. The van der Waals surface area contributed by atoms with E-state index in [-0.39, 0.29) is 5.41 Å². The van der Waals surface area contributed by atoms with E-state index in [9.17, 15) is 0 Å². The average Bonchev–Trinajstić information content (AvgIpc) is 2.85. The van der Waals surface area contributed by atoms with E-state index in [0.717, 1.165) is 64.5 Å². The largest absolute Gasteiger partial charge is 0.494 e. The first kappa shape index (κ1) is 25.5. The first-order chi connectivity index (χ1) is 17.0. The van der Waals surface area contributed by atoms with Crippen LogP contribution >= 0.6 is 0 Å². The van der Waals surface area contributed by atoms with Gasteiger partial charge in [-0.1, -0.05) is 42.7 Å². The van der Waals surface area contributed by atoms with Crippen LogP contribution in [-0.2, 0) is 9.47 Å². The molecular weight excluding hydrogens is 434 g/mol. The highest BCUT2D eigenvalue weighted by Crippen LogP contribution is 2.35. The topological polar surface area (TPSA) is 30.9 Å². The van der Waals surface area contributed by atoms with Gasteiger partial charge in [0.25, 0.3) is 0 Å². The zero-order chi connectivity index (χ0) is 24.5. The minimum atomic E-state index is 0.254. The monoisotopic (exact) mass is 475 g/mol.